The van der Waals surface area contributed by atoms with Crippen molar-refractivity contribution < 1.29 is 20.1 Å². The van der Waals surface area contributed by atoms with Crippen molar-refractivity contribution in [2.45, 2.75) is 6.04 Å². The fourth-order valence-corrected chi connectivity index (χ4v) is 1.71. The van der Waals surface area contributed by atoms with Gasteiger partial charge < -0.3 is 20.6 Å². The number of carboxylic acids is 1. The summed E-state index contributed by atoms with van der Waals surface area (Å²) in [4.78, 5) is 19.3. The van der Waals surface area contributed by atoms with Crippen LogP contribution >= 0.6 is 0 Å². The van der Waals surface area contributed by atoms with Crippen molar-refractivity contribution in [2.24, 2.45) is 0 Å². The van der Waals surface area contributed by atoms with Crippen LogP contribution in [0.2, 0.25) is 0 Å². The molecule has 0 bridgehead atoms. The highest BCUT2D eigenvalue weighted by Gasteiger charge is 2.14. The first-order valence-electron chi connectivity index (χ1n) is 6.30. The van der Waals surface area contributed by atoms with Crippen molar-refractivity contribution in [1.82, 2.24) is 9.97 Å². The minimum Gasteiger partial charge on any atom is -0.477 e. The monoisotopic (exact) mass is 289 g/mol. The number of aromatic carboxylic acids is 1. The van der Waals surface area contributed by atoms with Crippen LogP contribution in [-0.4, -0.2) is 50.5 Å². The van der Waals surface area contributed by atoms with Crippen LogP contribution in [0.25, 0.3) is 11.4 Å². The lowest BCUT2D eigenvalue weighted by atomic mass is 10.2. The third kappa shape index (κ3) is 3.74. The van der Waals surface area contributed by atoms with Crippen LogP contribution in [0.5, 0.6) is 0 Å². The van der Waals surface area contributed by atoms with Crippen LogP contribution in [-0.2, 0) is 0 Å². The number of rotatable bonds is 6. The Morgan fingerprint density at radius 2 is 1.81 bits per heavy atom. The van der Waals surface area contributed by atoms with Crippen LogP contribution in [0.3, 0.4) is 0 Å². The van der Waals surface area contributed by atoms with Crippen molar-refractivity contribution in [3.05, 3.63) is 42.1 Å². The number of benzene rings is 1. The molecule has 1 aromatic carbocycles. The Labute approximate surface area is 120 Å². The molecule has 0 saturated heterocycles. The molecule has 7 heteroatoms. The van der Waals surface area contributed by atoms with Crippen LogP contribution in [0.1, 0.15) is 10.5 Å². The van der Waals surface area contributed by atoms with Gasteiger partial charge in [-0.3, -0.25) is 0 Å². The molecule has 2 rings (SSSR count). The van der Waals surface area contributed by atoms with E-state index in [2.05, 4.69) is 15.3 Å². The maximum absolute atomic E-state index is 11.1. The van der Waals surface area contributed by atoms with Gasteiger partial charge in [0.1, 0.15) is 5.82 Å². The standard InChI is InChI=1S/C14H15N3O4/c18-7-10(8-19)15-12-6-11(14(20)21)16-13(17-12)9-4-2-1-3-5-9/h1-6,10,18-19H,7-8H2,(H,20,21)(H,15,16,17). The fraction of sp³-hybridized carbons (Fsp3) is 0.214. The molecule has 7 nitrogen and oxygen atoms in total. The second-order valence-corrected chi connectivity index (χ2v) is 4.34. The number of aliphatic hydroxyl groups is 2. The maximum atomic E-state index is 11.1. The van der Waals surface area contributed by atoms with Gasteiger partial charge in [-0.25, -0.2) is 14.8 Å². The normalized spacial score (nSPS) is 10.6. The highest BCUT2D eigenvalue weighted by molar-refractivity contribution is 5.87. The second kappa shape index (κ2) is 6.78. The molecule has 0 spiro atoms. The van der Waals surface area contributed by atoms with Crippen molar-refractivity contribution in [2.75, 3.05) is 18.5 Å². The average Bonchev–Trinajstić information content (AvgIpc) is 2.53. The Morgan fingerprint density at radius 3 is 2.38 bits per heavy atom. The van der Waals surface area contributed by atoms with E-state index in [1.54, 1.807) is 24.3 Å². The van der Waals surface area contributed by atoms with Crippen molar-refractivity contribution in [3.8, 4) is 11.4 Å². The molecule has 0 aliphatic heterocycles. The van der Waals surface area contributed by atoms with Crippen LogP contribution in [0, 0.1) is 0 Å². The SMILES string of the molecule is O=C(O)c1cc(NC(CO)CO)nc(-c2ccccc2)n1. The number of nitrogens with one attached hydrogen (secondary N) is 1. The van der Waals surface area contributed by atoms with E-state index in [4.69, 9.17) is 15.3 Å². The molecule has 2 aromatic rings. The number of aromatic nitrogens is 2. The van der Waals surface area contributed by atoms with E-state index < -0.39 is 12.0 Å². The van der Waals surface area contributed by atoms with Gasteiger partial charge in [-0.2, -0.15) is 0 Å². The number of carboxylic acid groups (broad SMARTS) is 1. The smallest absolute Gasteiger partial charge is 0.354 e. The highest BCUT2D eigenvalue weighted by Crippen LogP contribution is 2.18. The van der Waals surface area contributed by atoms with Gasteiger partial charge in [0.15, 0.2) is 11.5 Å². The minimum atomic E-state index is -1.18. The van der Waals surface area contributed by atoms with Crippen molar-refractivity contribution >= 4 is 11.8 Å². The summed E-state index contributed by atoms with van der Waals surface area (Å²) in [6, 6.07) is 9.59. The number of anilines is 1. The zero-order valence-corrected chi connectivity index (χ0v) is 11.1. The summed E-state index contributed by atoms with van der Waals surface area (Å²) in [6.45, 7) is -0.604. The number of hydrogen-bond acceptors (Lipinski definition) is 6. The summed E-state index contributed by atoms with van der Waals surface area (Å²) < 4.78 is 0. The van der Waals surface area contributed by atoms with E-state index in [1.807, 2.05) is 6.07 Å². The summed E-state index contributed by atoms with van der Waals surface area (Å²) in [6.07, 6.45) is 0. The van der Waals surface area contributed by atoms with Gasteiger partial charge in [0.05, 0.1) is 19.3 Å². The maximum Gasteiger partial charge on any atom is 0.354 e. The van der Waals surface area contributed by atoms with Gasteiger partial charge in [-0.05, 0) is 0 Å². The minimum absolute atomic E-state index is 0.166. The molecular formula is C14H15N3O4. The molecule has 1 heterocycles. The third-order valence-electron chi connectivity index (χ3n) is 2.77. The summed E-state index contributed by atoms with van der Waals surface area (Å²) in [5, 5.41) is 30.0. The van der Waals surface area contributed by atoms with Gasteiger partial charge in [-0.15, -0.1) is 0 Å². The van der Waals surface area contributed by atoms with Crippen LogP contribution in [0.4, 0.5) is 5.82 Å². The van der Waals surface area contributed by atoms with E-state index in [0.29, 0.717) is 5.56 Å². The number of nitrogens with zero attached hydrogens (tertiary/aromatic N) is 2. The topological polar surface area (TPSA) is 116 Å². The summed E-state index contributed by atoms with van der Waals surface area (Å²) >= 11 is 0. The quantitative estimate of drug-likeness (QED) is 0.615. The second-order valence-electron chi connectivity index (χ2n) is 4.34. The Morgan fingerprint density at radius 1 is 1.14 bits per heavy atom. The molecule has 110 valence electrons. The molecule has 4 N–H and O–H groups in total. The lowest BCUT2D eigenvalue weighted by Crippen LogP contribution is -2.28. The van der Waals surface area contributed by atoms with Gasteiger partial charge in [0.2, 0.25) is 0 Å². The molecule has 0 unspecified atom stereocenters. The molecule has 0 fully saturated rings. The highest BCUT2D eigenvalue weighted by atomic mass is 16.4. The molecule has 0 aliphatic carbocycles. The Kier molecular flexibility index (Phi) is 4.81. The lowest BCUT2D eigenvalue weighted by Gasteiger charge is -2.15. The number of hydrogen-bond donors (Lipinski definition) is 4. The molecule has 21 heavy (non-hydrogen) atoms. The number of aliphatic hydroxyl groups excluding tert-OH is 2. The molecule has 0 amide bonds. The Balaban J connectivity index is 2.42. The molecule has 0 atom stereocenters. The van der Waals surface area contributed by atoms with Crippen molar-refractivity contribution in [1.29, 1.82) is 0 Å². The first-order chi connectivity index (χ1) is 10.1. The molecule has 0 saturated carbocycles. The van der Waals surface area contributed by atoms with Crippen LogP contribution in [0.15, 0.2) is 36.4 Å². The third-order valence-corrected chi connectivity index (χ3v) is 2.77. The molecular weight excluding hydrogens is 274 g/mol. The zero-order valence-electron chi connectivity index (χ0n) is 11.1. The summed E-state index contributed by atoms with van der Waals surface area (Å²) in [5.41, 5.74) is 0.508. The van der Waals surface area contributed by atoms with Gasteiger partial charge in [-0.1, -0.05) is 30.3 Å². The molecule has 0 radical (unpaired) electrons. The van der Waals surface area contributed by atoms with Gasteiger partial charge >= 0.3 is 5.97 Å². The van der Waals surface area contributed by atoms with Crippen molar-refractivity contribution in [3.63, 3.8) is 0 Å². The predicted molar refractivity (Wildman–Crippen MR) is 76.0 cm³/mol. The van der Waals surface area contributed by atoms with Gasteiger partial charge in [0, 0.05) is 11.6 Å². The van der Waals surface area contributed by atoms with E-state index in [0.717, 1.165) is 0 Å². The van der Waals surface area contributed by atoms with E-state index in [1.165, 1.54) is 6.07 Å². The Hall–Kier alpha value is -2.51. The Bertz CT molecular complexity index is 615. The zero-order chi connectivity index (χ0) is 15.2. The first-order valence-corrected chi connectivity index (χ1v) is 6.30. The van der Waals surface area contributed by atoms with Gasteiger partial charge in [0.25, 0.3) is 0 Å². The van der Waals surface area contributed by atoms with E-state index in [9.17, 15) is 4.79 Å². The number of carbonyl (C=O) groups is 1. The van der Waals surface area contributed by atoms with E-state index in [-0.39, 0.29) is 30.5 Å². The molecule has 1 aromatic heterocycles. The predicted octanol–water partition coefficient (Wildman–Crippen LogP) is 0.607. The molecule has 0 aliphatic rings. The average molecular weight is 289 g/mol. The van der Waals surface area contributed by atoms with Crippen LogP contribution < -0.4 is 5.32 Å². The lowest BCUT2D eigenvalue weighted by molar-refractivity contribution is 0.0690. The van der Waals surface area contributed by atoms with E-state index >= 15 is 0 Å². The summed E-state index contributed by atoms with van der Waals surface area (Å²) in [7, 11) is 0. The first kappa shape index (κ1) is 14.9. The largest absolute Gasteiger partial charge is 0.477 e. The summed E-state index contributed by atoms with van der Waals surface area (Å²) in [5.74, 6) is -0.691. The fourth-order valence-electron chi connectivity index (χ4n) is 1.71.